The number of hydrogen-bond acceptors (Lipinski definition) is 4. The lowest BCUT2D eigenvalue weighted by Crippen LogP contribution is -2.23. The van der Waals surface area contributed by atoms with Gasteiger partial charge in [-0.25, -0.2) is 0 Å². The fourth-order valence-corrected chi connectivity index (χ4v) is 2.85. The molecule has 3 rings (SSSR count). The van der Waals surface area contributed by atoms with Crippen LogP contribution in [-0.2, 0) is 4.79 Å². The lowest BCUT2D eigenvalue weighted by Gasteiger charge is -2.24. The van der Waals surface area contributed by atoms with Crippen molar-refractivity contribution in [3.63, 3.8) is 0 Å². The summed E-state index contributed by atoms with van der Waals surface area (Å²) < 4.78 is 10.5. The zero-order valence-corrected chi connectivity index (χ0v) is 12.3. The van der Waals surface area contributed by atoms with Crippen molar-refractivity contribution in [2.24, 2.45) is 0 Å². The summed E-state index contributed by atoms with van der Waals surface area (Å²) >= 11 is 6.35. The number of fused-ring (bicyclic) bond motifs is 1. The highest BCUT2D eigenvalue weighted by Gasteiger charge is 2.30. The molecule has 21 heavy (non-hydrogen) atoms. The number of nitrogens with zero attached hydrogens (tertiary/aromatic N) is 1. The van der Waals surface area contributed by atoms with Gasteiger partial charge in [-0.3, -0.25) is 9.89 Å². The van der Waals surface area contributed by atoms with Gasteiger partial charge in [-0.1, -0.05) is 11.6 Å². The number of rotatable bonds is 3. The van der Waals surface area contributed by atoms with E-state index < -0.39 is 0 Å². The Morgan fingerprint density at radius 3 is 2.67 bits per heavy atom. The molecule has 1 aliphatic heterocycles. The maximum absolute atomic E-state index is 11.8. The van der Waals surface area contributed by atoms with Crippen LogP contribution in [-0.4, -0.2) is 30.3 Å². The first-order chi connectivity index (χ1) is 10.1. The van der Waals surface area contributed by atoms with Gasteiger partial charge in [0.15, 0.2) is 11.5 Å². The van der Waals surface area contributed by atoms with E-state index in [9.17, 15) is 4.79 Å². The molecule has 0 fully saturated rings. The number of benzene rings is 1. The van der Waals surface area contributed by atoms with Crippen molar-refractivity contribution in [2.75, 3.05) is 19.5 Å². The molecule has 0 bridgehead atoms. The zero-order chi connectivity index (χ0) is 15.0. The lowest BCUT2D eigenvalue weighted by atomic mass is 9.87. The Morgan fingerprint density at radius 1 is 1.24 bits per heavy atom. The molecule has 6 nitrogen and oxygen atoms in total. The van der Waals surface area contributed by atoms with Gasteiger partial charge in [0, 0.05) is 29.0 Å². The molecular formula is C14H14ClN3O3. The van der Waals surface area contributed by atoms with Gasteiger partial charge in [0.2, 0.25) is 5.91 Å². The number of amides is 1. The molecular weight excluding hydrogens is 294 g/mol. The molecule has 2 N–H and O–H groups in total. The van der Waals surface area contributed by atoms with Crippen LogP contribution in [0.1, 0.15) is 23.5 Å². The molecule has 0 spiro atoms. The number of carbonyl (C=O) groups is 1. The SMILES string of the molecule is COc1cc(Cl)c(C2CC(=O)Nc3[nH]ncc32)cc1OC. The van der Waals surface area contributed by atoms with Gasteiger partial charge in [0.25, 0.3) is 0 Å². The summed E-state index contributed by atoms with van der Waals surface area (Å²) in [7, 11) is 3.11. The molecule has 0 saturated heterocycles. The summed E-state index contributed by atoms with van der Waals surface area (Å²) in [5.41, 5.74) is 1.72. The van der Waals surface area contributed by atoms with E-state index in [0.717, 1.165) is 11.1 Å². The maximum Gasteiger partial charge on any atom is 0.226 e. The number of aromatic amines is 1. The summed E-state index contributed by atoms with van der Waals surface area (Å²) in [4.78, 5) is 11.8. The Balaban J connectivity index is 2.11. The number of nitrogens with one attached hydrogen (secondary N) is 2. The van der Waals surface area contributed by atoms with Gasteiger partial charge in [-0.15, -0.1) is 0 Å². The second kappa shape index (κ2) is 5.29. The largest absolute Gasteiger partial charge is 0.493 e. The maximum atomic E-state index is 11.8. The predicted molar refractivity (Wildman–Crippen MR) is 78.2 cm³/mol. The van der Waals surface area contributed by atoms with Crippen LogP contribution in [0.25, 0.3) is 0 Å². The summed E-state index contributed by atoms with van der Waals surface area (Å²) in [6.45, 7) is 0. The van der Waals surface area contributed by atoms with Gasteiger partial charge >= 0.3 is 0 Å². The van der Waals surface area contributed by atoms with Gasteiger partial charge in [-0.05, 0) is 11.6 Å². The molecule has 1 aromatic carbocycles. The van der Waals surface area contributed by atoms with Gasteiger partial charge < -0.3 is 14.8 Å². The van der Waals surface area contributed by atoms with Crippen LogP contribution >= 0.6 is 11.6 Å². The third kappa shape index (κ3) is 2.31. The molecule has 2 aromatic rings. The molecule has 1 amide bonds. The first kappa shape index (κ1) is 13.8. The summed E-state index contributed by atoms with van der Waals surface area (Å²) in [5, 5.41) is 10.0. The second-order valence-corrected chi connectivity index (χ2v) is 5.14. The molecule has 1 aromatic heterocycles. The van der Waals surface area contributed by atoms with Crippen LogP contribution in [0.4, 0.5) is 5.82 Å². The molecule has 2 heterocycles. The Kier molecular flexibility index (Phi) is 3.47. The second-order valence-electron chi connectivity index (χ2n) is 4.73. The summed E-state index contributed by atoms with van der Waals surface area (Å²) in [6.07, 6.45) is 2.01. The van der Waals surface area contributed by atoms with Crippen LogP contribution in [0.3, 0.4) is 0 Å². The average molecular weight is 308 g/mol. The monoisotopic (exact) mass is 307 g/mol. The van der Waals surface area contributed by atoms with Crippen molar-refractivity contribution in [3.05, 3.63) is 34.5 Å². The number of hydrogen-bond donors (Lipinski definition) is 2. The van der Waals surface area contributed by atoms with E-state index >= 15 is 0 Å². The van der Waals surface area contributed by atoms with E-state index in [1.165, 1.54) is 0 Å². The van der Waals surface area contributed by atoms with Gasteiger partial charge in [0.1, 0.15) is 5.82 Å². The van der Waals surface area contributed by atoms with Crippen LogP contribution in [0, 0.1) is 0 Å². The first-order valence-electron chi connectivity index (χ1n) is 6.38. The highest BCUT2D eigenvalue weighted by molar-refractivity contribution is 6.31. The van der Waals surface area contributed by atoms with Crippen molar-refractivity contribution in [1.29, 1.82) is 0 Å². The van der Waals surface area contributed by atoms with Crippen molar-refractivity contribution >= 4 is 23.3 Å². The van der Waals surface area contributed by atoms with E-state index in [1.807, 2.05) is 0 Å². The number of ether oxygens (including phenoxy) is 2. The van der Waals surface area contributed by atoms with Crippen molar-refractivity contribution < 1.29 is 14.3 Å². The smallest absolute Gasteiger partial charge is 0.226 e. The average Bonchev–Trinajstić information content (AvgIpc) is 2.94. The lowest BCUT2D eigenvalue weighted by molar-refractivity contribution is -0.116. The Hall–Kier alpha value is -2.21. The summed E-state index contributed by atoms with van der Waals surface area (Å²) in [5.74, 6) is 1.50. The molecule has 0 radical (unpaired) electrons. The van der Waals surface area contributed by atoms with Crippen LogP contribution in [0.5, 0.6) is 11.5 Å². The number of H-pyrrole nitrogens is 1. The Bertz CT molecular complexity index is 699. The van der Waals surface area contributed by atoms with Gasteiger partial charge in [0.05, 0.1) is 20.4 Å². The number of methoxy groups -OCH3 is 2. The fraction of sp³-hybridized carbons (Fsp3) is 0.286. The van der Waals surface area contributed by atoms with E-state index in [1.54, 1.807) is 32.5 Å². The van der Waals surface area contributed by atoms with E-state index in [-0.39, 0.29) is 11.8 Å². The molecule has 0 aliphatic carbocycles. The quantitative estimate of drug-likeness (QED) is 0.913. The molecule has 7 heteroatoms. The molecule has 110 valence electrons. The number of halogens is 1. The predicted octanol–water partition coefficient (Wildman–Crippen LogP) is 2.55. The topological polar surface area (TPSA) is 76.2 Å². The minimum absolute atomic E-state index is 0.0809. The Morgan fingerprint density at radius 2 is 1.95 bits per heavy atom. The van der Waals surface area contributed by atoms with E-state index in [0.29, 0.717) is 28.8 Å². The van der Waals surface area contributed by atoms with Crippen molar-refractivity contribution in [3.8, 4) is 11.5 Å². The number of carbonyl (C=O) groups excluding carboxylic acids is 1. The molecule has 1 unspecified atom stereocenters. The minimum Gasteiger partial charge on any atom is -0.493 e. The fourth-order valence-electron chi connectivity index (χ4n) is 2.56. The normalized spacial score (nSPS) is 17.1. The standard InChI is InChI=1S/C14H14ClN3O3/c1-20-11-3-8(10(15)5-12(11)21-2)7-4-13(19)17-14-9(7)6-16-18-14/h3,5-7H,4H2,1-2H3,(H2,16,17,18,19). The van der Waals surface area contributed by atoms with Crippen LogP contribution in [0.2, 0.25) is 5.02 Å². The first-order valence-corrected chi connectivity index (χ1v) is 6.76. The molecule has 1 atom stereocenters. The van der Waals surface area contributed by atoms with E-state index in [4.69, 9.17) is 21.1 Å². The molecule has 1 aliphatic rings. The Labute approximate surface area is 126 Å². The third-order valence-corrected chi connectivity index (χ3v) is 3.90. The van der Waals surface area contributed by atoms with Crippen LogP contribution < -0.4 is 14.8 Å². The minimum atomic E-state index is -0.167. The third-order valence-electron chi connectivity index (χ3n) is 3.58. The molecule has 0 saturated carbocycles. The van der Waals surface area contributed by atoms with Crippen LogP contribution in [0.15, 0.2) is 18.3 Å². The highest BCUT2D eigenvalue weighted by atomic mass is 35.5. The van der Waals surface area contributed by atoms with Crippen molar-refractivity contribution in [1.82, 2.24) is 10.2 Å². The number of anilines is 1. The van der Waals surface area contributed by atoms with Gasteiger partial charge in [-0.2, -0.15) is 5.10 Å². The van der Waals surface area contributed by atoms with Crippen molar-refractivity contribution in [2.45, 2.75) is 12.3 Å². The highest BCUT2D eigenvalue weighted by Crippen LogP contribution is 2.42. The summed E-state index contributed by atoms with van der Waals surface area (Å²) in [6, 6.07) is 3.50. The van der Waals surface area contributed by atoms with E-state index in [2.05, 4.69) is 15.5 Å². The zero-order valence-electron chi connectivity index (χ0n) is 11.6. The number of aromatic nitrogens is 2.